The number of hydrogen-bond acceptors (Lipinski definition) is 3. The molecule has 122 valence electrons. The third kappa shape index (κ3) is 4.66. The van der Waals surface area contributed by atoms with Gasteiger partial charge in [0.05, 0.1) is 4.90 Å². The first-order chi connectivity index (χ1) is 10.8. The van der Waals surface area contributed by atoms with Gasteiger partial charge in [0.25, 0.3) is 0 Å². The zero-order chi connectivity index (χ0) is 17.0. The van der Waals surface area contributed by atoms with Crippen molar-refractivity contribution in [1.29, 1.82) is 0 Å². The van der Waals surface area contributed by atoms with Crippen LogP contribution in [0.2, 0.25) is 0 Å². The molecule has 1 unspecified atom stereocenters. The monoisotopic (exact) mass is 331 g/mol. The minimum absolute atomic E-state index is 0.0922. The molecule has 1 atom stereocenters. The van der Waals surface area contributed by atoms with Gasteiger partial charge in [-0.05, 0) is 36.1 Å². The van der Waals surface area contributed by atoms with E-state index < -0.39 is 9.84 Å². The molecule has 0 aliphatic carbocycles. The molecule has 0 spiro atoms. The Kier molecular flexibility index (Phi) is 5.21. The molecule has 4 nitrogen and oxygen atoms in total. The van der Waals surface area contributed by atoms with Gasteiger partial charge in [-0.1, -0.05) is 43.3 Å². The molecule has 0 aliphatic heterocycles. The molecule has 23 heavy (non-hydrogen) atoms. The molecular formula is C18H21NO3S. The molecule has 0 fully saturated rings. The van der Waals surface area contributed by atoms with Gasteiger partial charge >= 0.3 is 0 Å². The number of anilines is 1. The molecule has 5 heteroatoms. The first kappa shape index (κ1) is 17.2. The highest BCUT2D eigenvalue weighted by molar-refractivity contribution is 7.90. The zero-order valence-electron chi connectivity index (χ0n) is 13.5. The Balaban J connectivity index is 2.11. The van der Waals surface area contributed by atoms with Crippen LogP contribution in [0.3, 0.4) is 0 Å². The summed E-state index contributed by atoms with van der Waals surface area (Å²) < 4.78 is 23.3. The summed E-state index contributed by atoms with van der Waals surface area (Å²) in [5, 5.41) is 2.82. The number of benzene rings is 2. The normalized spacial score (nSPS) is 12.7. The lowest BCUT2D eigenvalue weighted by Gasteiger charge is -2.14. The van der Waals surface area contributed by atoms with Crippen LogP contribution in [0.1, 0.15) is 30.4 Å². The molecule has 2 aromatic rings. The van der Waals surface area contributed by atoms with E-state index in [0.29, 0.717) is 12.1 Å². The first-order valence-corrected chi connectivity index (χ1v) is 9.32. The first-order valence-electron chi connectivity index (χ1n) is 7.43. The minimum atomic E-state index is -3.30. The lowest BCUT2D eigenvalue weighted by molar-refractivity contribution is -0.116. The molecule has 0 radical (unpaired) electrons. The summed E-state index contributed by atoms with van der Waals surface area (Å²) in [7, 11) is -3.30. The van der Waals surface area contributed by atoms with Crippen molar-refractivity contribution in [2.75, 3.05) is 11.6 Å². The van der Waals surface area contributed by atoms with Crippen molar-refractivity contribution in [1.82, 2.24) is 0 Å². The molecule has 2 aromatic carbocycles. The standard InChI is InChI=1S/C18H21NO3S/c1-13-9-10-16(23(3,21)22)12-17(13)19-18(20)11-14(2)15-7-5-4-6-8-15/h4-10,12,14H,11H2,1-3H3,(H,19,20). The Morgan fingerprint density at radius 2 is 1.78 bits per heavy atom. The van der Waals surface area contributed by atoms with Crippen LogP contribution in [0.25, 0.3) is 0 Å². The number of aryl methyl sites for hydroxylation is 1. The molecule has 0 bridgehead atoms. The third-order valence-electron chi connectivity index (χ3n) is 3.77. The average molecular weight is 331 g/mol. The van der Waals surface area contributed by atoms with Gasteiger partial charge in [-0.25, -0.2) is 8.42 Å². The Labute approximate surface area is 137 Å². The number of amides is 1. The Morgan fingerprint density at radius 1 is 1.13 bits per heavy atom. The second-order valence-corrected chi connectivity index (χ2v) is 7.83. The molecule has 0 heterocycles. The van der Waals surface area contributed by atoms with Crippen LogP contribution in [0.5, 0.6) is 0 Å². The van der Waals surface area contributed by atoms with Crippen LogP contribution in [0, 0.1) is 6.92 Å². The maximum atomic E-state index is 12.2. The SMILES string of the molecule is Cc1ccc(S(C)(=O)=O)cc1NC(=O)CC(C)c1ccccc1. The second-order valence-electron chi connectivity index (χ2n) is 5.81. The van der Waals surface area contributed by atoms with Gasteiger partial charge in [-0.15, -0.1) is 0 Å². The summed E-state index contributed by atoms with van der Waals surface area (Å²) in [5.74, 6) is -0.0373. The highest BCUT2D eigenvalue weighted by atomic mass is 32.2. The molecule has 0 saturated carbocycles. The number of rotatable bonds is 5. The van der Waals surface area contributed by atoms with E-state index in [4.69, 9.17) is 0 Å². The van der Waals surface area contributed by atoms with Gasteiger partial charge in [-0.2, -0.15) is 0 Å². The van der Waals surface area contributed by atoms with E-state index in [1.807, 2.05) is 44.2 Å². The van der Waals surface area contributed by atoms with Gasteiger partial charge in [0.1, 0.15) is 0 Å². The molecule has 0 saturated heterocycles. The van der Waals surface area contributed by atoms with Gasteiger partial charge in [0.15, 0.2) is 9.84 Å². The Morgan fingerprint density at radius 3 is 2.39 bits per heavy atom. The van der Waals surface area contributed by atoms with Crippen LogP contribution in [0.15, 0.2) is 53.4 Å². The highest BCUT2D eigenvalue weighted by Gasteiger charge is 2.14. The van der Waals surface area contributed by atoms with E-state index in [2.05, 4.69) is 5.32 Å². The lowest BCUT2D eigenvalue weighted by atomic mass is 9.97. The number of nitrogens with one attached hydrogen (secondary N) is 1. The predicted molar refractivity (Wildman–Crippen MR) is 92.4 cm³/mol. The van der Waals surface area contributed by atoms with E-state index in [-0.39, 0.29) is 16.7 Å². The van der Waals surface area contributed by atoms with Gasteiger partial charge < -0.3 is 5.32 Å². The van der Waals surface area contributed by atoms with Crippen molar-refractivity contribution < 1.29 is 13.2 Å². The third-order valence-corrected chi connectivity index (χ3v) is 4.88. The van der Waals surface area contributed by atoms with E-state index in [1.54, 1.807) is 12.1 Å². The van der Waals surface area contributed by atoms with Crippen molar-refractivity contribution in [3.8, 4) is 0 Å². The van der Waals surface area contributed by atoms with E-state index in [9.17, 15) is 13.2 Å². The highest BCUT2D eigenvalue weighted by Crippen LogP contribution is 2.23. The van der Waals surface area contributed by atoms with Gasteiger partial charge in [0, 0.05) is 18.4 Å². The van der Waals surface area contributed by atoms with Crippen molar-refractivity contribution in [3.63, 3.8) is 0 Å². The molecule has 0 aliphatic rings. The second kappa shape index (κ2) is 6.96. The van der Waals surface area contributed by atoms with Crippen LogP contribution in [-0.4, -0.2) is 20.6 Å². The summed E-state index contributed by atoms with van der Waals surface area (Å²) in [5.41, 5.74) is 2.47. The number of carbonyl (C=O) groups excluding carboxylic acids is 1. The maximum Gasteiger partial charge on any atom is 0.224 e. The van der Waals surface area contributed by atoms with Crippen LogP contribution in [-0.2, 0) is 14.6 Å². The lowest BCUT2D eigenvalue weighted by Crippen LogP contribution is -2.15. The fourth-order valence-electron chi connectivity index (χ4n) is 2.35. The largest absolute Gasteiger partial charge is 0.326 e. The minimum Gasteiger partial charge on any atom is -0.326 e. The molecule has 2 rings (SSSR count). The van der Waals surface area contributed by atoms with E-state index >= 15 is 0 Å². The van der Waals surface area contributed by atoms with Crippen molar-refractivity contribution in [2.24, 2.45) is 0 Å². The fourth-order valence-corrected chi connectivity index (χ4v) is 2.99. The molecule has 1 amide bonds. The van der Waals surface area contributed by atoms with E-state index in [0.717, 1.165) is 17.4 Å². The maximum absolute atomic E-state index is 12.2. The summed E-state index contributed by atoms with van der Waals surface area (Å²) in [6, 6.07) is 14.6. The van der Waals surface area contributed by atoms with Crippen LogP contribution < -0.4 is 5.32 Å². The summed E-state index contributed by atoms with van der Waals surface area (Å²) in [6.07, 6.45) is 1.49. The molecule has 1 N–H and O–H groups in total. The number of sulfone groups is 1. The fraction of sp³-hybridized carbons (Fsp3) is 0.278. The van der Waals surface area contributed by atoms with Gasteiger partial charge in [-0.3, -0.25) is 4.79 Å². The summed E-state index contributed by atoms with van der Waals surface area (Å²) in [6.45, 7) is 3.83. The number of hydrogen-bond donors (Lipinski definition) is 1. The van der Waals surface area contributed by atoms with Gasteiger partial charge in [0.2, 0.25) is 5.91 Å². The topological polar surface area (TPSA) is 63.2 Å². The van der Waals surface area contributed by atoms with Crippen molar-refractivity contribution in [2.45, 2.75) is 31.1 Å². The summed E-state index contributed by atoms with van der Waals surface area (Å²) in [4.78, 5) is 12.5. The smallest absolute Gasteiger partial charge is 0.224 e. The molecule has 0 aromatic heterocycles. The quantitative estimate of drug-likeness (QED) is 0.911. The predicted octanol–water partition coefficient (Wildman–Crippen LogP) is 3.53. The van der Waals surface area contributed by atoms with Crippen LogP contribution >= 0.6 is 0 Å². The summed E-state index contributed by atoms with van der Waals surface area (Å²) >= 11 is 0. The average Bonchev–Trinajstić information content (AvgIpc) is 2.49. The van der Waals surface area contributed by atoms with Crippen LogP contribution in [0.4, 0.5) is 5.69 Å². The van der Waals surface area contributed by atoms with Crippen molar-refractivity contribution in [3.05, 3.63) is 59.7 Å². The van der Waals surface area contributed by atoms with E-state index in [1.165, 1.54) is 6.07 Å². The Bertz CT molecular complexity index is 798. The van der Waals surface area contributed by atoms with Crippen molar-refractivity contribution >= 4 is 21.4 Å². The number of carbonyl (C=O) groups is 1. The Hall–Kier alpha value is -2.14. The zero-order valence-corrected chi connectivity index (χ0v) is 14.4. The molecular weight excluding hydrogens is 310 g/mol.